The van der Waals surface area contributed by atoms with Crippen LogP contribution in [0.4, 0.5) is 0 Å². The first-order valence-corrected chi connectivity index (χ1v) is 4.94. The molecule has 2 unspecified atom stereocenters. The van der Waals surface area contributed by atoms with Crippen molar-refractivity contribution in [2.24, 2.45) is 0 Å². The predicted octanol–water partition coefficient (Wildman–Crippen LogP) is 1.47. The lowest BCUT2D eigenvalue weighted by molar-refractivity contribution is -0.178. The van der Waals surface area contributed by atoms with Crippen LogP contribution in [-0.2, 0) is 13.4 Å². The second-order valence-electron chi connectivity index (χ2n) is 0.644. The van der Waals surface area contributed by atoms with Crippen LogP contribution >= 0.6 is 39.7 Å². The molecule has 0 rings (SSSR count). The standard InChI is InChI=1S/CH2Cl2.H3N.O5P2/c2-1-3;;1-6(2)5-7(3)4/h1H2;1H3;/p+2. The van der Waals surface area contributed by atoms with Gasteiger partial charge in [-0.2, -0.15) is 0 Å². The summed E-state index contributed by atoms with van der Waals surface area (Å²) in [5, 5.41) is 0.194. The van der Waals surface area contributed by atoms with E-state index in [9.17, 15) is 14.0 Å². The molecule has 0 aromatic heterocycles. The number of rotatable bonds is 2. The topological polar surface area (TPSA) is 123 Å². The van der Waals surface area contributed by atoms with Crippen molar-refractivity contribution in [3.8, 4) is 0 Å². The number of alkyl halides is 2. The van der Waals surface area contributed by atoms with E-state index in [-0.39, 0.29) is 11.5 Å². The van der Waals surface area contributed by atoms with Gasteiger partial charge >= 0.3 is 16.5 Å². The fourth-order valence-corrected chi connectivity index (χ4v) is 0.513. The van der Waals surface area contributed by atoms with Crippen LogP contribution in [0, 0.1) is 0 Å². The zero-order valence-corrected chi connectivity index (χ0v) is 8.74. The van der Waals surface area contributed by atoms with Gasteiger partial charge in [0.15, 0.2) is 0 Å². The van der Waals surface area contributed by atoms with E-state index in [1.165, 1.54) is 0 Å². The summed E-state index contributed by atoms with van der Waals surface area (Å²) < 4.78 is 21.9. The molecule has 0 radical (unpaired) electrons. The molecule has 11 heavy (non-hydrogen) atoms. The highest BCUT2D eigenvalue weighted by Crippen LogP contribution is 2.27. The van der Waals surface area contributed by atoms with Gasteiger partial charge in [-0.15, -0.1) is 28.1 Å². The van der Waals surface area contributed by atoms with Crippen LogP contribution in [0.1, 0.15) is 0 Å². The molecular formula is CH7Cl2NO5P2+2. The molecule has 0 aliphatic rings. The van der Waals surface area contributed by atoms with Crippen molar-refractivity contribution in [2.75, 3.05) is 5.34 Å². The minimum atomic E-state index is -3.17. The first kappa shape index (κ1) is 17.6. The van der Waals surface area contributed by atoms with Crippen LogP contribution in [0.3, 0.4) is 0 Å². The molecule has 0 aromatic rings. The summed E-state index contributed by atoms with van der Waals surface area (Å²) in [6.45, 7) is 0. The van der Waals surface area contributed by atoms with E-state index in [0.717, 1.165) is 0 Å². The fraction of sp³-hybridized carbons (Fsp3) is 1.00. The second-order valence-corrected chi connectivity index (χ2v) is 3.03. The van der Waals surface area contributed by atoms with Crippen molar-refractivity contribution in [3.63, 3.8) is 0 Å². The average Bonchev–Trinajstić information content (AvgIpc) is 1.62. The maximum atomic E-state index is 9.35. The molecule has 0 saturated carbocycles. The third kappa shape index (κ3) is 37.0. The highest BCUT2D eigenvalue weighted by Gasteiger charge is 2.23. The monoisotopic (exact) mass is 245 g/mol. The lowest BCUT2D eigenvalue weighted by Crippen LogP contribution is -1.83. The van der Waals surface area contributed by atoms with Crippen LogP contribution in [0.2, 0.25) is 0 Å². The smallest absolute Gasteiger partial charge is 0.563 e. The Kier molecular flexibility index (Phi) is 21.2. The van der Waals surface area contributed by atoms with E-state index in [1.807, 2.05) is 0 Å². The maximum Gasteiger partial charge on any atom is 0.741 e. The van der Waals surface area contributed by atoms with Crippen molar-refractivity contribution in [2.45, 2.75) is 0 Å². The van der Waals surface area contributed by atoms with Crippen LogP contribution < -0.4 is 11.0 Å². The second kappa shape index (κ2) is 13.2. The minimum Gasteiger partial charge on any atom is -0.563 e. The Morgan fingerprint density at radius 2 is 1.73 bits per heavy atom. The molecule has 0 fully saturated rings. The van der Waals surface area contributed by atoms with E-state index in [1.54, 1.807) is 0 Å². The van der Waals surface area contributed by atoms with E-state index >= 15 is 0 Å². The highest BCUT2D eigenvalue weighted by atomic mass is 35.5. The van der Waals surface area contributed by atoms with Gasteiger partial charge in [-0.05, 0) is 4.57 Å². The van der Waals surface area contributed by atoms with Crippen LogP contribution in [0.5, 0.6) is 0 Å². The van der Waals surface area contributed by atoms with E-state index < -0.39 is 16.5 Å². The number of hydrogen-bond acceptors (Lipinski definition) is 4. The molecule has 0 aromatic carbocycles. The molecule has 0 bridgehead atoms. The van der Waals surface area contributed by atoms with Crippen molar-refractivity contribution >= 4 is 39.7 Å². The van der Waals surface area contributed by atoms with Gasteiger partial charge < -0.3 is 11.0 Å². The molecular weight excluding hydrogens is 239 g/mol. The van der Waals surface area contributed by atoms with Gasteiger partial charge in [-0.25, -0.2) is 0 Å². The first-order valence-electron chi connectivity index (χ1n) is 1.65. The molecule has 0 aliphatic carbocycles. The quantitative estimate of drug-likeness (QED) is 0.563. The molecule has 6 nitrogen and oxygen atoms in total. The number of quaternary nitrogens is 1. The Morgan fingerprint density at radius 3 is 1.73 bits per heavy atom. The Morgan fingerprint density at radius 1 is 1.45 bits per heavy atom. The van der Waals surface area contributed by atoms with E-state index in [0.29, 0.717) is 0 Å². The van der Waals surface area contributed by atoms with Gasteiger partial charge in [0.05, 0.1) is 5.34 Å². The Balaban J connectivity index is -0.000000140. The Bertz CT molecular complexity index is 109. The lowest BCUT2D eigenvalue weighted by atomic mass is 11.9. The number of hydrogen-bond donors (Lipinski definition) is 2. The lowest BCUT2D eigenvalue weighted by Gasteiger charge is -1.63. The summed E-state index contributed by atoms with van der Waals surface area (Å²) in [6.07, 6.45) is 0. The molecule has 0 aliphatic heterocycles. The molecule has 68 valence electrons. The normalized spacial score (nSPS) is 10.2. The van der Waals surface area contributed by atoms with E-state index in [2.05, 4.69) is 4.31 Å². The van der Waals surface area contributed by atoms with Crippen LogP contribution in [-0.4, -0.2) is 10.2 Å². The third-order valence-corrected chi connectivity index (χ3v) is 1.23. The van der Waals surface area contributed by atoms with Gasteiger partial charge in [-0.3, -0.25) is 0 Å². The summed E-state index contributed by atoms with van der Waals surface area (Å²) in [5.74, 6) is 0. The average molecular weight is 246 g/mol. The summed E-state index contributed by atoms with van der Waals surface area (Å²) in [4.78, 5) is 16.9. The van der Waals surface area contributed by atoms with Crippen molar-refractivity contribution in [3.05, 3.63) is 0 Å². The number of halogens is 2. The highest BCUT2D eigenvalue weighted by molar-refractivity contribution is 7.45. The maximum absolute atomic E-state index is 9.35. The fourth-order valence-electron chi connectivity index (χ4n) is 0.0570. The van der Waals surface area contributed by atoms with Gasteiger partial charge in [0.25, 0.3) is 0 Å². The summed E-state index contributed by atoms with van der Waals surface area (Å²) >= 11 is 9.53. The molecule has 0 saturated heterocycles. The third-order valence-electron chi connectivity index (χ3n) is 0.137. The van der Waals surface area contributed by atoms with Crippen molar-refractivity contribution in [1.82, 2.24) is 6.15 Å². The zero-order valence-electron chi connectivity index (χ0n) is 5.44. The summed E-state index contributed by atoms with van der Waals surface area (Å²) in [7, 11) is -6.16. The molecule has 2 atom stereocenters. The first-order chi connectivity index (χ1) is 4.54. The van der Waals surface area contributed by atoms with Crippen molar-refractivity contribution in [1.29, 1.82) is 0 Å². The zero-order chi connectivity index (χ0) is 8.57. The Hall–Kier alpha value is 0.620. The minimum absolute atomic E-state index is 0. The Labute approximate surface area is 74.9 Å². The van der Waals surface area contributed by atoms with Gasteiger partial charge in [-0.1, -0.05) is 0 Å². The van der Waals surface area contributed by atoms with Gasteiger partial charge in [0.1, 0.15) is 4.31 Å². The van der Waals surface area contributed by atoms with Crippen LogP contribution in [0.15, 0.2) is 0 Å². The van der Waals surface area contributed by atoms with Crippen LogP contribution in [0.25, 0.3) is 0 Å². The molecule has 0 amide bonds. The van der Waals surface area contributed by atoms with Gasteiger partial charge in [0.2, 0.25) is 0 Å². The molecule has 0 spiro atoms. The van der Waals surface area contributed by atoms with E-state index in [4.69, 9.17) is 28.1 Å². The summed E-state index contributed by atoms with van der Waals surface area (Å²) in [5.41, 5.74) is 0. The SMILES string of the molecule is ClCCl.O=[P+]([O-])O[P+](=O)O.[NH4+]. The molecule has 5 N–H and O–H groups in total. The largest absolute Gasteiger partial charge is 0.741 e. The molecule has 0 heterocycles. The van der Waals surface area contributed by atoms with Gasteiger partial charge in [0, 0.05) is 4.57 Å². The van der Waals surface area contributed by atoms with Crippen molar-refractivity contribution < 1.29 is 23.2 Å². The summed E-state index contributed by atoms with van der Waals surface area (Å²) in [6, 6.07) is 0. The predicted molar refractivity (Wildman–Crippen MR) is 41.1 cm³/mol. The molecule has 10 heteroatoms.